The van der Waals surface area contributed by atoms with E-state index in [0.717, 1.165) is 0 Å². The van der Waals surface area contributed by atoms with Gasteiger partial charge < -0.3 is 24.8 Å². The first-order valence-electron chi connectivity index (χ1n) is 10.3. The number of carbonyl (C=O) groups excluding carboxylic acids is 1. The SMILES string of the molecule is [2H]c1cccc(C(=O)NOC)c1Nc1nc(Nc2cc(OC)c(OC)c(OC)c2)ncc1C(F)(F)F. The molecule has 10 nitrogen and oxygen atoms in total. The average molecular weight is 494 g/mol. The number of rotatable bonds is 9. The maximum absolute atomic E-state index is 13.7. The van der Waals surface area contributed by atoms with Crippen LogP contribution in [0, 0.1) is 0 Å². The fourth-order valence-electron chi connectivity index (χ4n) is 3.02. The minimum atomic E-state index is -4.83. The summed E-state index contributed by atoms with van der Waals surface area (Å²) in [6.07, 6.45) is -4.25. The van der Waals surface area contributed by atoms with Crippen molar-refractivity contribution in [1.29, 1.82) is 0 Å². The highest BCUT2D eigenvalue weighted by molar-refractivity contribution is 5.99. The lowest BCUT2D eigenvalue weighted by Crippen LogP contribution is -2.23. The number of anilines is 4. The van der Waals surface area contributed by atoms with Crippen LogP contribution in [0.4, 0.5) is 36.3 Å². The number of para-hydroxylation sites is 1. The van der Waals surface area contributed by atoms with Gasteiger partial charge in [0.1, 0.15) is 11.4 Å². The van der Waals surface area contributed by atoms with Crippen LogP contribution in [0.1, 0.15) is 17.3 Å². The van der Waals surface area contributed by atoms with Gasteiger partial charge in [-0.25, -0.2) is 10.5 Å². The standard InChI is InChI=1S/C22H22F3N5O5/c1-32-16-9-12(10-17(33-2)18(16)34-3)27-21-26-11-14(22(23,24)25)19(29-21)28-15-8-6-5-7-13(15)20(31)30-35-4/h5-11H,1-4H3,(H,30,31)(H2,26,27,28,29)/i8D. The van der Waals surface area contributed by atoms with Crippen LogP contribution in [0.2, 0.25) is 0 Å². The molecule has 0 fully saturated rings. The third-order valence-electron chi connectivity index (χ3n) is 4.55. The van der Waals surface area contributed by atoms with E-state index in [-0.39, 0.29) is 23.2 Å². The first kappa shape index (κ1) is 23.9. The first-order chi connectivity index (χ1) is 17.1. The van der Waals surface area contributed by atoms with Gasteiger partial charge >= 0.3 is 6.18 Å². The van der Waals surface area contributed by atoms with E-state index >= 15 is 0 Å². The minimum Gasteiger partial charge on any atom is -0.493 e. The summed E-state index contributed by atoms with van der Waals surface area (Å²) in [5.74, 6) is -0.769. The predicted molar refractivity (Wildman–Crippen MR) is 121 cm³/mol. The highest BCUT2D eigenvalue weighted by atomic mass is 19.4. The first-order valence-corrected chi connectivity index (χ1v) is 9.84. The van der Waals surface area contributed by atoms with E-state index in [4.69, 9.17) is 15.6 Å². The van der Waals surface area contributed by atoms with Crippen molar-refractivity contribution in [2.75, 3.05) is 39.1 Å². The molecule has 186 valence electrons. The molecule has 0 atom stereocenters. The van der Waals surface area contributed by atoms with E-state index in [1.54, 1.807) is 0 Å². The summed E-state index contributed by atoms with van der Waals surface area (Å²) in [4.78, 5) is 24.6. The number of carbonyl (C=O) groups is 1. The average Bonchev–Trinajstić information content (AvgIpc) is 2.84. The van der Waals surface area contributed by atoms with Gasteiger partial charge in [-0.2, -0.15) is 18.2 Å². The zero-order valence-electron chi connectivity index (χ0n) is 20.0. The van der Waals surface area contributed by atoms with Crippen LogP contribution in [0.25, 0.3) is 0 Å². The van der Waals surface area contributed by atoms with Gasteiger partial charge in [-0.1, -0.05) is 12.1 Å². The molecule has 2 aromatic carbocycles. The second kappa shape index (κ2) is 10.8. The molecule has 0 aliphatic carbocycles. The van der Waals surface area contributed by atoms with Crippen LogP contribution < -0.4 is 30.3 Å². The van der Waals surface area contributed by atoms with Crippen molar-refractivity contribution in [3.63, 3.8) is 0 Å². The quantitative estimate of drug-likeness (QED) is 0.375. The molecule has 13 heteroatoms. The zero-order chi connectivity index (χ0) is 26.5. The van der Waals surface area contributed by atoms with Gasteiger partial charge in [-0.15, -0.1) is 0 Å². The number of halogens is 3. The van der Waals surface area contributed by atoms with Crippen LogP contribution in [0.15, 0.2) is 42.6 Å². The number of alkyl halides is 3. The number of methoxy groups -OCH3 is 3. The topological polar surface area (TPSA) is 116 Å². The Labute approximate surface area is 199 Å². The number of hydroxylamine groups is 1. The molecule has 0 aliphatic rings. The summed E-state index contributed by atoms with van der Waals surface area (Å²) < 4.78 is 65.1. The van der Waals surface area contributed by atoms with Crippen molar-refractivity contribution in [2.24, 2.45) is 0 Å². The van der Waals surface area contributed by atoms with Crippen molar-refractivity contribution in [2.45, 2.75) is 6.18 Å². The smallest absolute Gasteiger partial charge is 0.421 e. The summed E-state index contributed by atoms with van der Waals surface area (Å²) >= 11 is 0. The Morgan fingerprint density at radius 1 is 1.03 bits per heavy atom. The number of hydrogen-bond donors (Lipinski definition) is 3. The van der Waals surface area contributed by atoms with E-state index < -0.39 is 23.5 Å². The number of benzene rings is 2. The van der Waals surface area contributed by atoms with Gasteiger partial charge in [-0.05, 0) is 12.1 Å². The van der Waals surface area contributed by atoms with Crippen LogP contribution in [-0.2, 0) is 11.0 Å². The van der Waals surface area contributed by atoms with Crippen LogP contribution in [-0.4, -0.2) is 44.3 Å². The van der Waals surface area contributed by atoms with Crippen LogP contribution >= 0.6 is 0 Å². The fourth-order valence-corrected chi connectivity index (χ4v) is 3.02. The summed E-state index contributed by atoms with van der Waals surface area (Å²) in [6.45, 7) is 0. The monoisotopic (exact) mass is 494 g/mol. The van der Waals surface area contributed by atoms with Gasteiger partial charge in [-0.3, -0.25) is 9.63 Å². The highest BCUT2D eigenvalue weighted by Crippen LogP contribution is 2.41. The predicted octanol–water partition coefficient (Wildman–Crippen LogP) is 4.30. The molecule has 0 radical (unpaired) electrons. The fraction of sp³-hybridized carbons (Fsp3) is 0.227. The molecule has 0 bridgehead atoms. The zero-order valence-corrected chi connectivity index (χ0v) is 19.0. The van der Waals surface area contributed by atoms with Gasteiger partial charge in [0.2, 0.25) is 11.7 Å². The minimum absolute atomic E-state index is 0.129. The molecule has 1 heterocycles. The highest BCUT2D eigenvalue weighted by Gasteiger charge is 2.35. The Hall–Kier alpha value is -4.26. The van der Waals surface area contributed by atoms with Crippen LogP contribution in [0.5, 0.6) is 17.2 Å². The molecular formula is C22H22F3N5O5. The summed E-state index contributed by atoms with van der Waals surface area (Å²) in [6, 6.07) is 6.81. The molecule has 35 heavy (non-hydrogen) atoms. The van der Waals surface area contributed by atoms with Crippen LogP contribution in [0.3, 0.4) is 0 Å². The number of nitrogens with one attached hydrogen (secondary N) is 3. The van der Waals surface area contributed by atoms with E-state index in [0.29, 0.717) is 29.1 Å². The molecule has 0 saturated heterocycles. The van der Waals surface area contributed by atoms with Crippen molar-refractivity contribution in [1.82, 2.24) is 15.4 Å². The van der Waals surface area contributed by atoms with Gasteiger partial charge in [0, 0.05) is 24.0 Å². The molecule has 0 saturated carbocycles. The van der Waals surface area contributed by atoms with E-state index in [9.17, 15) is 18.0 Å². The molecular weight excluding hydrogens is 471 g/mol. The van der Waals surface area contributed by atoms with E-state index in [2.05, 4.69) is 30.9 Å². The number of nitrogens with zero attached hydrogens (tertiary/aromatic N) is 2. The lowest BCUT2D eigenvalue weighted by atomic mass is 10.1. The Kier molecular flexibility index (Phi) is 7.35. The van der Waals surface area contributed by atoms with Crippen molar-refractivity contribution < 1.29 is 38.4 Å². The van der Waals surface area contributed by atoms with Crippen molar-refractivity contribution >= 4 is 29.0 Å². The molecule has 0 unspecified atom stereocenters. The van der Waals surface area contributed by atoms with Gasteiger partial charge in [0.25, 0.3) is 5.91 Å². The molecule has 3 aromatic rings. The number of aromatic nitrogens is 2. The number of ether oxygens (including phenoxy) is 3. The number of amides is 1. The third-order valence-corrected chi connectivity index (χ3v) is 4.55. The summed E-state index contributed by atoms with van der Waals surface area (Å²) in [5, 5.41) is 5.25. The van der Waals surface area contributed by atoms with Gasteiger partial charge in [0.15, 0.2) is 11.5 Å². The molecule has 1 aromatic heterocycles. The second-order valence-electron chi connectivity index (χ2n) is 6.71. The molecule has 0 aliphatic heterocycles. The molecule has 0 spiro atoms. The Morgan fingerprint density at radius 3 is 2.29 bits per heavy atom. The molecule has 1 amide bonds. The van der Waals surface area contributed by atoms with Gasteiger partial charge in [0.05, 0.1) is 41.1 Å². The summed E-state index contributed by atoms with van der Waals surface area (Å²) in [7, 11) is 5.44. The maximum Gasteiger partial charge on any atom is 0.421 e. The number of hydrogen-bond acceptors (Lipinski definition) is 9. The second-order valence-corrected chi connectivity index (χ2v) is 6.71. The lowest BCUT2D eigenvalue weighted by molar-refractivity contribution is -0.137. The Balaban J connectivity index is 2.07. The molecule has 3 N–H and O–H groups in total. The van der Waals surface area contributed by atoms with E-state index in [1.165, 1.54) is 58.8 Å². The lowest BCUT2D eigenvalue weighted by Gasteiger charge is -2.17. The van der Waals surface area contributed by atoms with Crippen molar-refractivity contribution in [3.05, 3.63) is 53.7 Å². The summed E-state index contributed by atoms with van der Waals surface area (Å²) in [5.41, 5.74) is 0.850. The van der Waals surface area contributed by atoms with Crippen molar-refractivity contribution in [3.8, 4) is 17.2 Å². The normalized spacial score (nSPS) is 11.3. The Morgan fingerprint density at radius 2 is 1.71 bits per heavy atom. The maximum atomic E-state index is 13.7. The third kappa shape index (κ3) is 5.81. The Bertz CT molecular complexity index is 1230. The van der Waals surface area contributed by atoms with E-state index in [1.807, 2.05) is 0 Å². The largest absolute Gasteiger partial charge is 0.493 e. The molecule has 3 rings (SSSR count).